The van der Waals surface area contributed by atoms with Crippen LogP contribution < -0.4 is 5.32 Å². The lowest BCUT2D eigenvalue weighted by molar-refractivity contribution is -0.0323. The van der Waals surface area contributed by atoms with Crippen LogP contribution in [0.1, 0.15) is 20.3 Å². The molecule has 1 aliphatic heterocycles. The highest BCUT2D eigenvalue weighted by molar-refractivity contribution is 4.73. The maximum absolute atomic E-state index is 5.51. The van der Waals surface area contributed by atoms with E-state index in [0.29, 0.717) is 12.1 Å². The van der Waals surface area contributed by atoms with Crippen molar-refractivity contribution in [2.45, 2.75) is 32.4 Å². The van der Waals surface area contributed by atoms with Crippen molar-refractivity contribution in [1.29, 1.82) is 0 Å². The Morgan fingerprint density at radius 3 is 3.00 bits per heavy atom. The van der Waals surface area contributed by atoms with Crippen LogP contribution in [0.25, 0.3) is 0 Å². The summed E-state index contributed by atoms with van der Waals surface area (Å²) in [6.07, 6.45) is 1.63. The van der Waals surface area contributed by atoms with Crippen LogP contribution in [-0.2, 0) is 4.74 Å². The molecule has 2 unspecified atom stereocenters. The summed E-state index contributed by atoms with van der Waals surface area (Å²) in [4.78, 5) is 2.52. The molecule has 1 N–H and O–H groups in total. The first-order valence-electron chi connectivity index (χ1n) is 5.24. The fourth-order valence-corrected chi connectivity index (χ4v) is 1.78. The normalized spacial score (nSPS) is 27.5. The third-order valence-electron chi connectivity index (χ3n) is 2.71. The van der Waals surface area contributed by atoms with Crippen molar-refractivity contribution in [3.63, 3.8) is 0 Å². The van der Waals surface area contributed by atoms with Crippen molar-refractivity contribution < 1.29 is 4.74 Å². The molecule has 1 rings (SSSR count). The molecule has 1 aliphatic rings. The van der Waals surface area contributed by atoms with Gasteiger partial charge in [0.2, 0.25) is 0 Å². The quantitative estimate of drug-likeness (QED) is 0.699. The maximum Gasteiger partial charge on any atom is 0.0674 e. The SMILES string of the molecule is CNCCC(C)N1CCOC(C)C1. The van der Waals surface area contributed by atoms with Crippen molar-refractivity contribution in [3.8, 4) is 0 Å². The molecule has 0 spiro atoms. The number of nitrogens with zero attached hydrogens (tertiary/aromatic N) is 1. The molecule has 0 aromatic rings. The Labute approximate surface area is 81.4 Å². The Hall–Kier alpha value is -0.120. The fourth-order valence-electron chi connectivity index (χ4n) is 1.78. The van der Waals surface area contributed by atoms with Gasteiger partial charge in [-0.2, -0.15) is 0 Å². The van der Waals surface area contributed by atoms with Gasteiger partial charge in [0, 0.05) is 19.1 Å². The molecule has 1 saturated heterocycles. The van der Waals surface area contributed by atoms with Crippen LogP contribution in [0.3, 0.4) is 0 Å². The van der Waals surface area contributed by atoms with Crippen LogP contribution in [0.15, 0.2) is 0 Å². The number of morpholine rings is 1. The first-order chi connectivity index (χ1) is 6.24. The van der Waals surface area contributed by atoms with E-state index in [0.717, 1.165) is 26.2 Å². The van der Waals surface area contributed by atoms with Crippen LogP contribution in [0.4, 0.5) is 0 Å². The second-order valence-corrected chi connectivity index (χ2v) is 3.92. The first-order valence-corrected chi connectivity index (χ1v) is 5.24. The Balaban J connectivity index is 2.24. The smallest absolute Gasteiger partial charge is 0.0674 e. The van der Waals surface area contributed by atoms with Gasteiger partial charge in [-0.25, -0.2) is 0 Å². The summed E-state index contributed by atoms with van der Waals surface area (Å²) in [5.41, 5.74) is 0. The summed E-state index contributed by atoms with van der Waals surface area (Å²) in [5.74, 6) is 0. The molecule has 3 nitrogen and oxygen atoms in total. The minimum atomic E-state index is 0.408. The van der Waals surface area contributed by atoms with Crippen LogP contribution in [-0.4, -0.2) is 50.3 Å². The van der Waals surface area contributed by atoms with Crippen molar-refractivity contribution >= 4 is 0 Å². The van der Waals surface area contributed by atoms with Crippen LogP contribution in [0.5, 0.6) is 0 Å². The third-order valence-corrected chi connectivity index (χ3v) is 2.71. The van der Waals surface area contributed by atoms with E-state index in [1.165, 1.54) is 6.42 Å². The summed E-state index contributed by atoms with van der Waals surface area (Å²) in [6.45, 7) is 8.63. The average molecular weight is 186 g/mol. The predicted octanol–water partition coefficient (Wildman–Crippen LogP) is 0.705. The van der Waals surface area contributed by atoms with Gasteiger partial charge in [-0.05, 0) is 33.9 Å². The Bertz CT molecular complexity index is 141. The minimum Gasteiger partial charge on any atom is -0.376 e. The van der Waals surface area contributed by atoms with Gasteiger partial charge in [-0.15, -0.1) is 0 Å². The van der Waals surface area contributed by atoms with E-state index in [9.17, 15) is 0 Å². The monoisotopic (exact) mass is 186 g/mol. The molecule has 78 valence electrons. The summed E-state index contributed by atoms with van der Waals surface area (Å²) in [7, 11) is 2.01. The molecule has 0 amide bonds. The molecule has 0 aromatic carbocycles. The molecule has 0 bridgehead atoms. The molecule has 2 atom stereocenters. The molecule has 0 saturated carbocycles. The lowest BCUT2D eigenvalue weighted by Crippen LogP contribution is -2.46. The Kier molecular flexibility index (Phi) is 4.70. The van der Waals surface area contributed by atoms with Gasteiger partial charge >= 0.3 is 0 Å². The highest BCUT2D eigenvalue weighted by Gasteiger charge is 2.20. The topological polar surface area (TPSA) is 24.5 Å². The van der Waals surface area contributed by atoms with Crippen LogP contribution in [0, 0.1) is 0 Å². The predicted molar refractivity (Wildman–Crippen MR) is 55.0 cm³/mol. The van der Waals surface area contributed by atoms with E-state index in [2.05, 4.69) is 24.1 Å². The van der Waals surface area contributed by atoms with Crippen molar-refractivity contribution in [3.05, 3.63) is 0 Å². The van der Waals surface area contributed by atoms with Crippen LogP contribution in [0.2, 0.25) is 0 Å². The van der Waals surface area contributed by atoms with E-state index in [1.54, 1.807) is 0 Å². The molecular formula is C10H22N2O. The van der Waals surface area contributed by atoms with Gasteiger partial charge in [-0.1, -0.05) is 0 Å². The van der Waals surface area contributed by atoms with Gasteiger partial charge < -0.3 is 10.1 Å². The highest BCUT2D eigenvalue weighted by Crippen LogP contribution is 2.10. The van der Waals surface area contributed by atoms with Crippen molar-refractivity contribution in [2.75, 3.05) is 33.3 Å². The lowest BCUT2D eigenvalue weighted by Gasteiger charge is -2.35. The van der Waals surface area contributed by atoms with Crippen LogP contribution >= 0.6 is 0 Å². The summed E-state index contributed by atoms with van der Waals surface area (Å²) >= 11 is 0. The Morgan fingerprint density at radius 2 is 2.38 bits per heavy atom. The standard InChI is InChI=1S/C10H22N2O/c1-9(4-5-11-3)12-6-7-13-10(2)8-12/h9-11H,4-8H2,1-3H3. The lowest BCUT2D eigenvalue weighted by atomic mass is 10.1. The fraction of sp³-hybridized carbons (Fsp3) is 1.00. The molecule has 1 heterocycles. The molecule has 0 aliphatic carbocycles. The zero-order valence-corrected chi connectivity index (χ0v) is 9.05. The molecule has 3 heteroatoms. The van der Waals surface area contributed by atoms with E-state index in [1.807, 2.05) is 7.05 Å². The largest absolute Gasteiger partial charge is 0.376 e. The van der Waals surface area contributed by atoms with Crippen molar-refractivity contribution in [2.24, 2.45) is 0 Å². The summed E-state index contributed by atoms with van der Waals surface area (Å²) in [6, 6.07) is 0.679. The highest BCUT2D eigenvalue weighted by atomic mass is 16.5. The third kappa shape index (κ3) is 3.63. The van der Waals surface area contributed by atoms with Gasteiger partial charge in [0.1, 0.15) is 0 Å². The average Bonchev–Trinajstić information content (AvgIpc) is 2.14. The minimum absolute atomic E-state index is 0.408. The number of hydrogen-bond donors (Lipinski definition) is 1. The zero-order valence-electron chi connectivity index (χ0n) is 9.05. The molecule has 0 radical (unpaired) electrons. The molecular weight excluding hydrogens is 164 g/mol. The van der Waals surface area contributed by atoms with E-state index in [-0.39, 0.29) is 0 Å². The summed E-state index contributed by atoms with van der Waals surface area (Å²) < 4.78 is 5.51. The van der Waals surface area contributed by atoms with E-state index >= 15 is 0 Å². The second-order valence-electron chi connectivity index (χ2n) is 3.92. The van der Waals surface area contributed by atoms with Gasteiger partial charge in [0.15, 0.2) is 0 Å². The number of hydrogen-bond acceptors (Lipinski definition) is 3. The molecule has 0 aromatic heterocycles. The molecule has 13 heavy (non-hydrogen) atoms. The first kappa shape index (κ1) is 11.0. The Morgan fingerprint density at radius 1 is 1.62 bits per heavy atom. The maximum atomic E-state index is 5.51. The molecule has 1 fully saturated rings. The number of nitrogens with one attached hydrogen (secondary N) is 1. The zero-order chi connectivity index (χ0) is 9.68. The number of ether oxygens (including phenoxy) is 1. The van der Waals surface area contributed by atoms with E-state index < -0.39 is 0 Å². The van der Waals surface area contributed by atoms with E-state index in [4.69, 9.17) is 4.74 Å². The van der Waals surface area contributed by atoms with Gasteiger partial charge in [-0.3, -0.25) is 4.90 Å². The van der Waals surface area contributed by atoms with Crippen molar-refractivity contribution in [1.82, 2.24) is 10.2 Å². The van der Waals surface area contributed by atoms with Gasteiger partial charge in [0.05, 0.1) is 12.7 Å². The second kappa shape index (κ2) is 5.58. The van der Waals surface area contributed by atoms with Gasteiger partial charge in [0.25, 0.3) is 0 Å². The summed E-state index contributed by atoms with van der Waals surface area (Å²) in [5, 5.41) is 3.19. The number of rotatable bonds is 4.